The molecule has 9 nitrogen and oxygen atoms in total. The minimum atomic E-state index is -4.19. The van der Waals surface area contributed by atoms with Crippen molar-refractivity contribution in [2.24, 2.45) is 0 Å². The number of sulfonamides is 1. The Kier molecular flexibility index (Phi) is 11.2. The van der Waals surface area contributed by atoms with E-state index in [0.29, 0.717) is 18.0 Å². The molecule has 0 aliphatic carbocycles. The lowest BCUT2D eigenvalue weighted by Crippen LogP contribution is -2.51. The number of unbranched alkanes of at least 4 members (excludes halogenated alkanes) is 1. The first-order chi connectivity index (χ1) is 19.6. The predicted molar refractivity (Wildman–Crippen MR) is 160 cm³/mol. The zero-order valence-corrected chi connectivity index (χ0v) is 25.1. The van der Waals surface area contributed by atoms with Gasteiger partial charge in [0.05, 0.1) is 24.8 Å². The Bertz CT molecular complexity index is 1410. The van der Waals surface area contributed by atoms with E-state index in [9.17, 15) is 18.0 Å². The average Bonchev–Trinajstić information content (AvgIpc) is 2.98. The Morgan fingerprint density at radius 2 is 1.59 bits per heavy atom. The zero-order chi connectivity index (χ0) is 30.0. The number of benzene rings is 3. The van der Waals surface area contributed by atoms with Gasteiger partial charge in [-0.2, -0.15) is 0 Å². The van der Waals surface area contributed by atoms with Crippen LogP contribution in [0.25, 0.3) is 0 Å². The number of nitrogens with one attached hydrogen (secondary N) is 1. The smallest absolute Gasteiger partial charge is 0.264 e. The highest BCUT2D eigenvalue weighted by atomic mass is 32.2. The van der Waals surface area contributed by atoms with Crippen LogP contribution in [0.4, 0.5) is 5.69 Å². The normalized spacial score (nSPS) is 11.8. The van der Waals surface area contributed by atoms with Gasteiger partial charge in [-0.25, -0.2) is 8.42 Å². The van der Waals surface area contributed by atoms with Gasteiger partial charge in [0, 0.05) is 19.2 Å². The maximum absolute atomic E-state index is 14.0. The molecule has 3 rings (SSSR count). The van der Waals surface area contributed by atoms with E-state index in [4.69, 9.17) is 9.47 Å². The maximum atomic E-state index is 14.0. The van der Waals surface area contributed by atoms with E-state index in [2.05, 4.69) is 5.32 Å². The second-order valence-corrected chi connectivity index (χ2v) is 11.6. The monoisotopic (exact) mass is 581 g/mol. The fourth-order valence-corrected chi connectivity index (χ4v) is 5.65. The second-order valence-electron chi connectivity index (χ2n) is 9.69. The fraction of sp³-hybridized carbons (Fsp3) is 0.355. The molecule has 0 fully saturated rings. The maximum Gasteiger partial charge on any atom is 0.264 e. The van der Waals surface area contributed by atoms with Crippen LogP contribution in [0.15, 0.2) is 77.7 Å². The largest absolute Gasteiger partial charge is 0.493 e. The van der Waals surface area contributed by atoms with Crippen molar-refractivity contribution in [3.05, 3.63) is 83.9 Å². The first kappa shape index (κ1) is 31.5. The number of ether oxygens (including phenoxy) is 2. The molecule has 1 N–H and O–H groups in total. The second kappa shape index (κ2) is 14.5. The summed E-state index contributed by atoms with van der Waals surface area (Å²) in [6, 6.07) is 19.5. The fourth-order valence-electron chi connectivity index (χ4n) is 4.25. The summed E-state index contributed by atoms with van der Waals surface area (Å²) in [5.74, 6) is -0.107. The molecule has 0 saturated heterocycles. The third-order valence-electron chi connectivity index (χ3n) is 6.74. The molecule has 0 aliphatic rings. The van der Waals surface area contributed by atoms with Crippen molar-refractivity contribution in [1.82, 2.24) is 10.2 Å². The Labute approximate surface area is 243 Å². The van der Waals surface area contributed by atoms with E-state index in [-0.39, 0.29) is 23.0 Å². The number of amides is 2. The molecule has 10 heteroatoms. The highest BCUT2D eigenvalue weighted by molar-refractivity contribution is 7.92. The molecule has 0 unspecified atom stereocenters. The third-order valence-corrected chi connectivity index (χ3v) is 8.52. The number of rotatable bonds is 14. The van der Waals surface area contributed by atoms with Gasteiger partial charge < -0.3 is 19.7 Å². The third kappa shape index (κ3) is 8.00. The molecule has 3 aromatic carbocycles. The molecular weight excluding hydrogens is 542 g/mol. The molecule has 2 amide bonds. The molecule has 220 valence electrons. The van der Waals surface area contributed by atoms with Crippen LogP contribution in [0.3, 0.4) is 0 Å². The Hall–Kier alpha value is -4.05. The van der Waals surface area contributed by atoms with Gasteiger partial charge in [-0.3, -0.25) is 13.9 Å². The highest BCUT2D eigenvalue weighted by Gasteiger charge is 2.33. The van der Waals surface area contributed by atoms with Crippen molar-refractivity contribution in [2.75, 3.05) is 31.6 Å². The molecule has 0 radical (unpaired) electrons. The lowest BCUT2D eigenvalue weighted by molar-refractivity contribution is -0.139. The van der Waals surface area contributed by atoms with Gasteiger partial charge in [0.25, 0.3) is 10.0 Å². The molecule has 3 aromatic rings. The van der Waals surface area contributed by atoms with Crippen LogP contribution in [-0.4, -0.2) is 58.5 Å². The predicted octanol–water partition coefficient (Wildman–Crippen LogP) is 4.54. The molecule has 0 saturated carbocycles. The SMILES string of the molecule is CCCCNC(=O)[C@@H](C)N(Cc1ccccc1)C(=O)CN(c1ccc(OC)c(OC)c1)S(=O)(=O)c1ccc(C)cc1. The number of nitrogens with zero attached hydrogens (tertiary/aromatic N) is 2. The summed E-state index contributed by atoms with van der Waals surface area (Å²) in [6.45, 7) is 5.62. The highest BCUT2D eigenvalue weighted by Crippen LogP contribution is 2.34. The Morgan fingerprint density at radius 3 is 2.20 bits per heavy atom. The van der Waals surface area contributed by atoms with Crippen molar-refractivity contribution in [2.45, 2.75) is 51.1 Å². The van der Waals surface area contributed by atoms with Gasteiger partial charge in [0.2, 0.25) is 11.8 Å². The zero-order valence-electron chi connectivity index (χ0n) is 24.3. The van der Waals surface area contributed by atoms with E-state index in [1.54, 1.807) is 31.2 Å². The Morgan fingerprint density at radius 1 is 0.927 bits per heavy atom. The first-order valence-electron chi connectivity index (χ1n) is 13.5. The van der Waals surface area contributed by atoms with E-state index in [1.807, 2.05) is 44.2 Å². The summed E-state index contributed by atoms with van der Waals surface area (Å²) < 4.78 is 39.8. The van der Waals surface area contributed by atoms with E-state index >= 15 is 0 Å². The summed E-state index contributed by atoms with van der Waals surface area (Å²) in [5, 5.41) is 2.88. The summed E-state index contributed by atoms with van der Waals surface area (Å²) in [7, 11) is -1.26. The van der Waals surface area contributed by atoms with Crippen molar-refractivity contribution in [3.8, 4) is 11.5 Å². The van der Waals surface area contributed by atoms with Gasteiger partial charge in [0.15, 0.2) is 11.5 Å². The van der Waals surface area contributed by atoms with Gasteiger partial charge >= 0.3 is 0 Å². The summed E-state index contributed by atoms with van der Waals surface area (Å²) in [4.78, 5) is 28.5. The first-order valence-corrected chi connectivity index (χ1v) is 15.0. The van der Waals surface area contributed by atoms with Crippen LogP contribution in [-0.2, 0) is 26.2 Å². The lowest BCUT2D eigenvalue weighted by Gasteiger charge is -2.32. The van der Waals surface area contributed by atoms with Crippen LogP contribution in [0.1, 0.15) is 37.8 Å². The van der Waals surface area contributed by atoms with Crippen LogP contribution in [0, 0.1) is 6.92 Å². The minimum Gasteiger partial charge on any atom is -0.493 e. The molecular formula is C31H39N3O6S. The topological polar surface area (TPSA) is 105 Å². The summed E-state index contributed by atoms with van der Waals surface area (Å²) >= 11 is 0. The summed E-state index contributed by atoms with van der Waals surface area (Å²) in [6.07, 6.45) is 1.73. The van der Waals surface area contributed by atoms with Crippen molar-refractivity contribution >= 4 is 27.5 Å². The number of aryl methyl sites for hydroxylation is 1. The average molecular weight is 582 g/mol. The molecule has 0 bridgehead atoms. The number of anilines is 1. The van der Waals surface area contributed by atoms with Gasteiger partial charge in [-0.15, -0.1) is 0 Å². The molecule has 0 spiro atoms. The van der Waals surface area contributed by atoms with E-state index in [0.717, 1.165) is 28.3 Å². The molecule has 0 aromatic heterocycles. The van der Waals surface area contributed by atoms with Crippen LogP contribution >= 0.6 is 0 Å². The Balaban J connectivity index is 2.05. The van der Waals surface area contributed by atoms with Crippen LogP contribution in [0.2, 0.25) is 0 Å². The van der Waals surface area contributed by atoms with Gasteiger partial charge in [-0.05, 0) is 50.1 Å². The summed E-state index contributed by atoms with van der Waals surface area (Å²) in [5.41, 5.74) is 1.93. The number of hydrogen-bond acceptors (Lipinski definition) is 6. The molecule has 41 heavy (non-hydrogen) atoms. The van der Waals surface area contributed by atoms with Crippen molar-refractivity contribution in [1.29, 1.82) is 0 Å². The minimum absolute atomic E-state index is 0.0330. The number of hydrogen-bond donors (Lipinski definition) is 1. The van der Waals surface area contributed by atoms with Crippen molar-refractivity contribution < 1.29 is 27.5 Å². The quantitative estimate of drug-likeness (QED) is 0.280. The number of carbonyl (C=O) groups is 2. The van der Waals surface area contributed by atoms with E-state index < -0.39 is 28.5 Å². The van der Waals surface area contributed by atoms with Crippen molar-refractivity contribution in [3.63, 3.8) is 0 Å². The number of carbonyl (C=O) groups excluding carboxylic acids is 2. The number of methoxy groups -OCH3 is 2. The molecule has 1 atom stereocenters. The lowest BCUT2D eigenvalue weighted by atomic mass is 10.1. The molecule has 0 heterocycles. The van der Waals surface area contributed by atoms with Crippen LogP contribution < -0.4 is 19.1 Å². The molecule has 0 aliphatic heterocycles. The standard InChI is InChI=1S/C31H39N3O6S/c1-6-7-19-32-31(36)24(3)33(21-25-11-9-8-10-12-25)30(35)22-34(26-15-18-28(39-4)29(20-26)40-5)41(37,38)27-16-13-23(2)14-17-27/h8-18,20,24H,6-7,19,21-22H2,1-5H3,(H,32,36)/t24-/m1/s1. The van der Waals surface area contributed by atoms with Gasteiger partial charge in [0.1, 0.15) is 12.6 Å². The van der Waals surface area contributed by atoms with Crippen LogP contribution in [0.5, 0.6) is 11.5 Å². The van der Waals surface area contributed by atoms with Gasteiger partial charge in [-0.1, -0.05) is 61.4 Å². The van der Waals surface area contributed by atoms with E-state index in [1.165, 1.54) is 37.3 Å².